The molecule has 1 unspecified atom stereocenters. The maximum Gasteiger partial charge on any atom is 0.234 e. The molecule has 0 rings (SSSR count). The van der Waals surface area contributed by atoms with Gasteiger partial charge in [-0.2, -0.15) is 0 Å². The molecule has 0 aromatic heterocycles. The molecule has 4 nitrogen and oxygen atoms in total. The van der Waals surface area contributed by atoms with Crippen LogP contribution in [0.1, 0.15) is 41.0 Å². The second kappa shape index (κ2) is 5.47. The molecule has 15 heavy (non-hydrogen) atoms. The summed E-state index contributed by atoms with van der Waals surface area (Å²) in [5.74, 6) is -0.0468. The van der Waals surface area contributed by atoms with Gasteiger partial charge in [-0.1, -0.05) is 6.92 Å². The van der Waals surface area contributed by atoms with E-state index in [-0.39, 0.29) is 18.0 Å². The molecule has 3 N–H and O–H groups in total. The van der Waals surface area contributed by atoms with Gasteiger partial charge in [0.2, 0.25) is 5.91 Å². The van der Waals surface area contributed by atoms with E-state index in [1.54, 1.807) is 6.92 Å². The molecule has 0 heterocycles. The molecule has 0 aromatic carbocycles. The number of hydrogen-bond acceptors (Lipinski definition) is 3. The third-order valence-corrected chi connectivity index (χ3v) is 2.07. The van der Waals surface area contributed by atoms with Crippen molar-refractivity contribution < 1.29 is 9.90 Å². The zero-order valence-corrected chi connectivity index (χ0v) is 10.5. The van der Waals surface area contributed by atoms with E-state index in [0.717, 1.165) is 0 Å². The van der Waals surface area contributed by atoms with Gasteiger partial charge >= 0.3 is 0 Å². The summed E-state index contributed by atoms with van der Waals surface area (Å²) in [4.78, 5) is 11.4. The van der Waals surface area contributed by atoms with Crippen LogP contribution >= 0.6 is 0 Å². The molecule has 0 aliphatic rings. The maximum atomic E-state index is 11.4. The van der Waals surface area contributed by atoms with Gasteiger partial charge in [-0.3, -0.25) is 4.79 Å². The van der Waals surface area contributed by atoms with Crippen molar-refractivity contribution >= 4 is 5.91 Å². The molecule has 90 valence electrons. The van der Waals surface area contributed by atoms with Gasteiger partial charge < -0.3 is 15.7 Å². The van der Waals surface area contributed by atoms with Crippen LogP contribution in [0.4, 0.5) is 0 Å². The van der Waals surface area contributed by atoms with Crippen LogP contribution in [-0.2, 0) is 4.79 Å². The van der Waals surface area contributed by atoms with Crippen LogP contribution in [0.25, 0.3) is 0 Å². The van der Waals surface area contributed by atoms with Crippen molar-refractivity contribution in [2.75, 3.05) is 13.1 Å². The predicted molar refractivity (Wildman–Crippen MR) is 61.7 cm³/mol. The van der Waals surface area contributed by atoms with Crippen LogP contribution in [0.15, 0.2) is 0 Å². The Labute approximate surface area is 92.4 Å². The number of carbonyl (C=O) groups excluding carboxylic acids is 1. The smallest absolute Gasteiger partial charge is 0.234 e. The van der Waals surface area contributed by atoms with E-state index in [4.69, 9.17) is 0 Å². The summed E-state index contributed by atoms with van der Waals surface area (Å²) >= 11 is 0. The highest BCUT2D eigenvalue weighted by Crippen LogP contribution is 2.05. The van der Waals surface area contributed by atoms with Crippen LogP contribution in [-0.4, -0.2) is 35.2 Å². The highest BCUT2D eigenvalue weighted by molar-refractivity contribution is 5.78. The normalized spacial score (nSPS) is 15.9. The standard InChI is InChI=1S/C11H24N2O2/c1-6-11(5,15)8-12-7-9(14)13-10(2,3)4/h12,15H,6-8H2,1-5H3,(H,13,14). The maximum absolute atomic E-state index is 11.4. The van der Waals surface area contributed by atoms with Gasteiger partial charge in [0.25, 0.3) is 0 Å². The van der Waals surface area contributed by atoms with Gasteiger partial charge in [-0.25, -0.2) is 0 Å². The lowest BCUT2D eigenvalue weighted by Crippen LogP contribution is -2.47. The SMILES string of the molecule is CCC(C)(O)CNCC(=O)NC(C)(C)C. The molecule has 4 heteroatoms. The molecular weight excluding hydrogens is 192 g/mol. The zero-order valence-electron chi connectivity index (χ0n) is 10.5. The second-order valence-electron chi connectivity index (χ2n) is 5.25. The third kappa shape index (κ3) is 8.39. The number of hydrogen-bond donors (Lipinski definition) is 3. The average Bonchev–Trinajstić information content (AvgIpc) is 2.00. The highest BCUT2D eigenvalue weighted by Gasteiger charge is 2.18. The van der Waals surface area contributed by atoms with Crippen LogP contribution in [0.5, 0.6) is 0 Å². The summed E-state index contributed by atoms with van der Waals surface area (Å²) in [6, 6.07) is 0. The number of carbonyl (C=O) groups is 1. The largest absolute Gasteiger partial charge is 0.389 e. The minimum absolute atomic E-state index is 0.0468. The van der Waals surface area contributed by atoms with E-state index in [1.165, 1.54) is 0 Å². The first-order chi connectivity index (χ1) is 6.66. The Kier molecular flexibility index (Phi) is 5.24. The van der Waals surface area contributed by atoms with Gasteiger partial charge in [-0.15, -0.1) is 0 Å². The lowest BCUT2D eigenvalue weighted by Gasteiger charge is -2.23. The molecule has 0 saturated carbocycles. The van der Waals surface area contributed by atoms with E-state index < -0.39 is 5.60 Å². The number of rotatable bonds is 5. The summed E-state index contributed by atoms with van der Waals surface area (Å²) in [6.45, 7) is 10.2. The first-order valence-electron chi connectivity index (χ1n) is 5.40. The van der Waals surface area contributed by atoms with Crippen molar-refractivity contribution in [3.8, 4) is 0 Å². The van der Waals surface area contributed by atoms with Gasteiger partial charge in [0.15, 0.2) is 0 Å². The molecule has 0 aliphatic heterocycles. The summed E-state index contributed by atoms with van der Waals surface area (Å²) in [6.07, 6.45) is 0.668. The van der Waals surface area contributed by atoms with Crippen molar-refractivity contribution in [1.82, 2.24) is 10.6 Å². The monoisotopic (exact) mass is 216 g/mol. The molecule has 1 atom stereocenters. The Hall–Kier alpha value is -0.610. The van der Waals surface area contributed by atoms with E-state index in [2.05, 4.69) is 10.6 Å². The van der Waals surface area contributed by atoms with Crippen LogP contribution in [0.3, 0.4) is 0 Å². The predicted octanol–water partition coefficient (Wildman–Crippen LogP) is 0.652. The molecule has 0 bridgehead atoms. The summed E-state index contributed by atoms with van der Waals surface area (Å²) in [5, 5.41) is 15.5. The first-order valence-corrected chi connectivity index (χ1v) is 5.40. The minimum Gasteiger partial charge on any atom is -0.389 e. The summed E-state index contributed by atoms with van der Waals surface area (Å²) in [5.41, 5.74) is -0.936. The molecule has 0 fully saturated rings. The Morgan fingerprint density at radius 1 is 1.27 bits per heavy atom. The van der Waals surface area contributed by atoms with Gasteiger partial charge in [-0.05, 0) is 34.1 Å². The van der Waals surface area contributed by atoms with Crippen molar-refractivity contribution in [1.29, 1.82) is 0 Å². The molecule has 0 spiro atoms. The van der Waals surface area contributed by atoms with Crippen LogP contribution in [0.2, 0.25) is 0 Å². The van der Waals surface area contributed by atoms with Crippen LogP contribution < -0.4 is 10.6 Å². The molecular formula is C11H24N2O2. The zero-order chi connectivity index (χ0) is 12.1. The van der Waals surface area contributed by atoms with Crippen molar-refractivity contribution in [3.63, 3.8) is 0 Å². The van der Waals surface area contributed by atoms with E-state index >= 15 is 0 Å². The number of aliphatic hydroxyl groups is 1. The number of nitrogens with one attached hydrogen (secondary N) is 2. The van der Waals surface area contributed by atoms with Gasteiger partial charge in [0.05, 0.1) is 12.1 Å². The van der Waals surface area contributed by atoms with Crippen molar-refractivity contribution in [3.05, 3.63) is 0 Å². The molecule has 0 aliphatic carbocycles. The lowest BCUT2D eigenvalue weighted by atomic mass is 10.0. The lowest BCUT2D eigenvalue weighted by molar-refractivity contribution is -0.121. The Balaban J connectivity index is 3.74. The molecule has 0 saturated heterocycles. The Bertz CT molecular complexity index is 207. The summed E-state index contributed by atoms with van der Waals surface area (Å²) in [7, 11) is 0. The summed E-state index contributed by atoms with van der Waals surface area (Å²) < 4.78 is 0. The first kappa shape index (κ1) is 14.4. The molecule has 0 aromatic rings. The van der Waals surface area contributed by atoms with Gasteiger partial charge in [0, 0.05) is 12.1 Å². The van der Waals surface area contributed by atoms with E-state index in [1.807, 2.05) is 27.7 Å². The minimum atomic E-state index is -0.734. The average molecular weight is 216 g/mol. The second-order valence-corrected chi connectivity index (χ2v) is 5.25. The van der Waals surface area contributed by atoms with E-state index in [0.29, 0.717) is 13.0 Å². The molecule has 0 radical (unpaired) electrons. The fourth-order valence-corrected chi connectivity index (χ4v) is 1.03. The van der Waals surface area contributed by atoms with E-state index in [9.17, 15) is 9.90 Å². The fraction of sp³-hybridized carbons (Fsp3) is 0.909. The van der Waals surface area contributed by atoms with Crippen LogP contribution in [0, 0.1) is 0 Å². The highest BCUT2D eigenvalue weighted by atomic mass is 16.3. The van der Waals surface area contributed by atoms with Gasteiger partial charge in [0.1, 0.15) is 0 Å². The topological polar surface area (TPSA) is 61.4 Å². The fourth-order valence-electron chi connectivity index (χ4n) is 1.03. The quantitative estimate of drug-likeness (QED) is 0.632. The Morgan fingerprint density at radius 2 is 1.80 bits per heavy atom. The Morgan fingerprint density at radius 3 is 2.20 bits per heavy atom. The van der Waals surface area contributed by atoms with Crippen molar-refractivity contribution in [2.45, 2.75) is 52.2 Å². The number of amides is 1. The third-order valence-electron chi connectivity index (χ3n) is 2.07. The molecule has 1 amide bonds. The van der Waals surface area contributed by atoms with Crippen molar-refractivity contribution in [2.24, 2.45) is 0 Å².